The number of fused-ring (bicyclic) bond motifs is 1. The van der Waals surface area contributed by atoms with Crippen LogP contribution in [-0.4, -0.2) is 11.7 Å². The molecule has 0 bridgehead atoms. The van der Waals surface area contributed by atoms with Crippen LogP contribution < -0.4 is 10.6 Å². The van der Waals surface area contributed by atoms with Crippen molar-refractivity contribution in [3.63, 3.8) is 0 Å². The normalized spacial score (nSPS) is 17.4. The minimum absolute atomic E-state index is 0.0969. The molecule has 2 aromatic carbocycles. The number of nitrogens with zero attached hydrogens (tertiary/aromatic N) is 1. The number of para-hydroxylation sites is 2. The van der Waals surface area contributed by atoms with E-state index in [2.05, 4.69) is 0 Å². The van der Waals surface area contributed by atoms with Crippen LogP contribution in [0.1, 0.15) is 17.2 Å². The average molecular weight is 276 g/mol. The molecule has 3 N–H and O–H groups in total. The summed E-state index contributed by atoms with van der Waals surface area (Å²) in [6.45, 7) is 0.477. The molecule has 1 atom stereocenters. The van der Waals surface area contributed by atoms with Gasteiger partial charge in [0.15, 0.2) is 0 Å². The number of hydrogen-bond acceptors (Lipinski definition) is 3. The summed E-state index contributed by atoms with van der Waals surface area (Å²) in [5.74, 6) is -1.09. The van der Waals surface area contributed by atoms with Crippen molar-refractivity contribution in [2.24, 2.45) is 5.73 Å². The average Bonchev–Trinajstić information content (AvgIpc) is 2.77. The summed E-state index contributed by atoms with van der Waals surface area (Å²) >= 11 is 0. The molecule has 0 aromatic heterocycles. The van der Waals surface area contributed by atoms with E-state index in [0.717, 1.165) is 6.07 Å². The predicted molar refractivity (Wildman–Crippen MR) is 72.4 cm³/mol. The molecule has 0 spiro atoms. The topological polar surface area (TPSA) is 49.5 Å². The molecule has 20 heavy (non-hydrogen) atoms. The largest absolute Gasteiger partial charge is 0.506 e. The summed E-state index contributed by atoms with van der Waals surface area (Å²) in [4.78, 5) is 1.79. The van der Waals surface area contributed by atoms with Crippen LogP contribution in [0.25, 0.3) is 0 Å². The number of nitrogens with two attached hydrogens (primary N) is 1. The van der Waals surface area contributed by atoms with Gasteiger partial charge in [0.2, 0.25) is 0 Å². The van der Waals surface area contributed by atoms with Crippen LogP contribution in [0.5, 0.6) is 5.75 Å². The van der Waals surface area contributed by atoms with Crippen molar-refractivity contribution >= 4 is 5.69 Å². The molecule has 3 nitrogen and oxygen atoms in total. The first-order chi connectivity index (χ1) is 9.61. The molecule has 0 saturated heterocycles. The Bertz CT molecular complexity index is 660. The maximum absolute atomic E-state index is 13.9. The summed E-state index contributed by atoms with van der Waals surface area (Å²) in [5, 5.41) is 9.94. The van der Waals surface area contributed by atoms with E-state index in [-0.39, 0.29) is 24.9 Å². The molecule has 1 aliphatic heterocycles. The maximum Gasteiger partial charge on any atom is 0.138 e. The van der Waals surface area contributed by atoms with Crippen molar-refractivity contribution in [2.45, 2.75) is 12.6 Å². The molecule has 1 unspecified atom stereocenters. The van der Waals surface area contributed by atoms with E-state index >= 15 is 0 Å². The third-order valence-electron chi connectivity index (χ3n) is 3.67. The molecule has 0 aliphatic carbocycles. The minimum Gasteiger partial charge on any atom is -0.506 e. The molecular formula is C15H14F2N2O. The Balaban J connectivity index is 2.09. The highest BCUT2D eigenvalue weighted by atomic mass is 19.1. The molecular weight excluding hydrogens is 262 g/mol. The lowest BCUT2D eigenvalue weighted by atomic mass is 10.0. The van der Waals surface area contributed by atoms with Gasteiger partial charge in [-0.25, -0.2) is 8.78 Å². The Morgan fingerprint density at radius 3 is 2.70 bits per heavy atom. The lowest BCUT2D eigenvalue weighted by Crippen LogP contribution is -2.27. The molecule has 1 aliphatic rings. The molecule has 104 valence electrons. The molecule has 5 heteroatoms. The van der Waals surface area contributed by atoms with Gasteiger partial charge in [-0.2, -0.15) is 0 Å². The van der Waals surface area contributed by atoms with Gasteiger partial charge < -0.3 is 15.7 Å². The van der Waals surface area contributed by atoms with E-state index in [9.17, 15) is 13.9 Å². The van der Waals surface area contributed by atoms with Crippen LogP contribution in [0, 0.1) is 11.6 Å². The van der Waals surface area contributed by atoms with E-state index in [1.54, 1.807) is 29.2 Å². The molecule has 0 radical (unpaired) electrons. The number of benzene rings is 2. The smallest absolute Gasteiger partial charge is 0.138 e. The molecule has 3 rings (SSSR count). The molecule has 2 aromatic rings. The lowest BCUT2D eigenvalue weighted by molar-refractivity contribution is 0.471. The number of halogens is 2. The second-order valence-corrected chi connectivity index (χ2v) is 4.82. The van der Waals surface area contributed by atoms with Gasteiger partial charge in [-0.05, 0) is 23.8 Å². The van der Waals surface area contributed by atoms with Gasteiger partial charge in [-0.1, -0.05) is 12.1 Å². The molecule has 0 saturated carbocycles. The van der Waals surface area contributed by atoms with Crippen LogP contribution in [0.3, 0.4) is 0 Å². The number of anilines is 1. The predicted octanol–water partition coefficient (Wildman–Crippen LogP) is 2.69. The zero-order valence-electron chi connectivity index (χ0n) is 10.7. The van der Waals surface area contributed by atoms with Crippen molar-refractivity contribution in [2.75, 3.05) is 11.4 Å². The first-order valence-electron chi connectivity index (χ1n) is 6.34. The van der Waals surface area contributed by atoms with Gasteiger partial charge in [0.1, 0.15) is 17.4 Å². The second-order valence-electron chi connectivity index (χ2n) is 4.82. The van der Waals surface area contributed by atoms with Gasteiger partial charge in [0.05, 0.1) is 11.7 Å². The molecule has 0 fully saturated rings. The Kier molecular flexibility index (Phi) is 3.06. The van der Waals surface area contributed by atoms with Crippen molar-refractivity contribution in [1.29, 1.82) is 0 Å². The van der Waals surface area contributed by atoms with Gasteiger partial charge in [0.25, 0.3) is 0 Å². The Morgan fingerprint density at radius 1 is 1.25 bits per heavy atom. The highest BCUT2D eigenvalue weighted by molar-refractivity contribution is 5.62. The fraction of sp³-hybridized carbons (Fsp3) is 0.200. The highest BCUT2D eigenvalue weighted by Crippen LogP contribution is 2.41. The third kappa shape index (κ3) is 1.91. The van der Waals surface area contributed by atoms with Gasteiger partial charge in [0, 0.05) is 24.7 Å². The number of hydrogen-bond donors (Lipinski definition) is 2. The molecule has 0 amide bonds. The van der Waals surface area contributed by atoms with E-state index in [1.807, 2.05) is 0 Å². The zero-order valence-corrected chi connectivity index (χ0v) is 10.7. The summed E-state index contributed by atoms with van der Waals surface area (Å²) in [6, 6.07) is 8.63. The third-order valence-corrected chi connectivity index (χ3v) is 3.67. The van der Waals surface area contributed by atoms with Crippen molar-refractivity contribution in [3.8, 4) is 5.75 Å². The minimum atomic E-state index is -0.612. The van der Waals surface area contributed by atoms with Crippen LogP contribution in [0.15, 0.2) is 36.4 Å². The monoisotopic (exact) mass is 276 g/mol. The first-order valence-corrected chi connectivity index (χ1v) is 6.34. The first kappa shape index (κ1) is 12.9. The zero-order chi connectivity index (χ0) is 14.3. The highest BCUT2D eigenvalue weighted by Gasteiger charge is 2.33. The van der Waals surface area contributed by atoms with Gasteiger partial charge in [-0.15, -0.1) is 0 Å². The Morgan fingerprint density at radius 2 is 2.00 bits per heavy atom. The van der Waals surface area contributed by atoms with Crippen LogP contribution in [-0.2, 0) is 6.54 Å². The number of rotatable bonds is 2. The molecule has 1 heterocycles. The van der Waals surface area contributed by atoms with Crippen LogP contribution in [0.2, 0.25) is 0 Å². The SMILES string of the molecule is NCC1c2cc(F)cc(F)c2CN1c1ccccc1O. The number of phenolic OH excluding ortho intramolecular Hbond substituents is 1. The summed E-state index contributed by atoms with van der Waals surface area (Å²) in [7, 11) is 0. The van der Waals surface area contributed by atoms with Crippen LogP contribution in [0.4, 0.5) is 14.5 Å². The van der Waals surface area contributed by atoms with Gasteiger partial charge in [-0.3, -0.25) is 0 Å². The van der Waals surface area contributed by atoms with Crippen molar-refractivity contribution < 1.29 is 13.9 Å². The van der Waals surface area contributed by atoms with E-state index in [0.29, 0.717) is 16.8 Å². The fourth-order valence-corrected chi connectivity index (χ4v) is 2.75. The fourth-order valence-electron chi connectivity index (χ4n) is 2.75. The lowest BCUT2D eigenvalue weighted by Gasteiger charge is -2.26. The summed E-state index contributed by atoms with van der Waals surface area (Å²) in [6.07, 6.45) is 0. The standard InChI is InChI=1S/C15H14F2N2O/c16-9-5-10-11(12(17)6-9)8-19(14(10)7-18)13-3-1-2-4-15(13)20/h1-6,14,20H,7-8,18H2. The van der Waals surface area contributed by atoms with E-state index in [1.165, 1.54) is 6.07 Å². The van der Waals surface area contributed by atoms with Gasteiger partial charge >= 0.3 is 0 Å². The summed E-state index contributed by atoms with van der Waals surface area (Å²) in [5.41, 5.74) is 7.31. The Hall–Kier alpha value is -2.14. The summed E-state index contributed by atoms with van der Waals surface area (Å²) < 4.78 is 27.3. The Labute approximate surface area is 115 Å². The van der Waals surface area contributed by atoms with E-state index in [4.69, 9.17) is 5.73 Å². The van der Waals surface area contributed by atoms with Crippen molar-refractivity contribution in [1.82, 2.24) is 0 Å². The van der Waals surface area contributed by atoms with E-state index < -0.39 is 11.6 Å². The van der Waals surface area contributed by atoms with Crippen LogP contribution >= 0.6 is 0 Å². The quantitative estimate of drug-likeness (QED) is 0.886. The number of aromatic hydroxyl groups is 1. The maximum atomic E-state index is 13.9. The number of phenols is 1. The second kappa shape index (κ2) is 4.76. The van der Waals surface area contributed by atoms with Crippen molar-refractivity contribution in [3.05, 3.63) is 59.2 Å².